The highest BCUT2D eigenvalue weighted by molar-refractivity contribution is 5.93. The van der Waals surface area contributed by atoms with Crippen LogP contribution in [0.3, 0.4) is 0 Å². The van der Waals surface area contributed by atoms with E-state index in [2.05, 4.69) is 22.2 Å². The number of nitrogens with zero attached hydrogens (tertiary/aromatic N) is 3. The summed E-state index contributed by atoms with van der Waals surface area (Å²) < 4.78 is 5.69. The number of aliphatic hydroxyl groups excluding tert-OH is 1. The summed E-state index contributed by atoms with van der Waals surface area (Å²) in [5.41, 5.74) is -0.664. The number of likely N-dealkylation sites (tertiary alicyclic amines) is 1. The van der Waals surface area contributed by atoms with E-state index >= 15 is 0 Å². The van der Waals surface area contributed by atoms with Crippen LogP contribution in [-0.4, -0.2) is 62.3 Å². The quantitative estimate of drug-likeness (QED) is 0.802. The van der Waals surface area contributed by atoms with Crippen molar-refractivity contribution in [3.63, 3.8) is 0 Å². The van der Waals surface area contributed by atoms with Crippen LogP contribution in [0.2, 0.25) is 0 Å². The molecule has 1 saturated heterocycles. The molecule has 0 spiro atoms. The number of aromatic nitrogens is 2. The SMILES string of the molecule is CC(C)(C)OC(=O)N1[C@@H](CNC(=O)c2cncnc2)C[C@@]2(C)[C@@H](O)CCCC[C@@H]12. The molecule has 1 aliphatic carbocycles. The first kappa shape index (κ1) is 21.5. The highest BCUT2D eigenvalue weighted by Crippen LogP contribution is 2.48. The van der Waals surface area contributed by atoms with Crippen LogP contribution in [0.25, 0.3) is 0 Å². The van der Waals surface area contributed by atoms with Gasteiger partial charge >= 0.3 is 6.09 Å². The highest BCUT2D eigenvalue weighted by atomic mass is 16.6. The van der Waals surface area contributed by atoms with Gasteiger partial charge in [-0.3, -0.25) is 9.69 Å². The zero-order valence-electron chi connectivity index (χ0n) is 17.7. The van der Waals surface area contributed by atoms with Gasteiger partial charge in [0.25, 0.3) is 5.91 Å². The largest absolute Gasteiger partial charge is 0.444 e. The van der Waals surface area contributed by atoms with Gasteiger partial charge in [-0.05, 0) is 40.0 Å². The van der Waals surface area contributed by atoms with E-state index in [9.17, 15) is 14.7 Å². The number of fused-ring (bicyclic) bond motifs is 1. The van der Waals surface area contributed by atoms with Gasteiger partial charge < -0.3 is 15.2 Å². The second-order valence-electron chi connectivity index (χ2n) is 9.40. The third-order valence-corrected chi connectivity index (χ3v) is 6.06. The monoisotopic (exact) mass is 404 g/mol. The number of carbonyl (C=O) groups is 2. The zero-order chi connectivity index (χ0) is 21.2. The van der Waals surface area contributed by atoms with E-state index in [1.54, 1.807) is 4.90 Å². The first-order valence-corrected chi connectivity index (χ1v) is 10.3. The molecule has 0 aromatic carbocycles. The fourth-order valence-electron chi connectivity index (χ4n) is 4.64. The van der Waals surface area contributed by atoms with Gasteiger partial charge in [0.2, 0.25) is 0 Å². The van der Waals surface area contributed by atoms with Crippen LogP contribution in [0, 0.1) is 5.41 Å². The summed E-state index contributed by atoms with van der Waals surface area (Å²) in [7, 11) is 0. The Hall–Kier alpha value is -2.22. The summed E-state index contributed by atoms with van der Waals surface area (Å²) in [6.07, 6.45) is 7.49. The molecule has 1 aliphatic heterocycles. The number of hydrogen-bond donors (Lipinski definition) is 2. The van der Waals surface area contributed by atoms with Gasteiger partial charge in [-0.15, -0.1) is 0 Å². The second-order valence-corrected chi connectivity index (χ2v) is 9.40. The minimum absolute atomic E-state index is 0.114. The summed E-state index contributed by atoms with van der Waals surface area (Å²) in [4.78, 5) is 35.0. The molecule has 8 nitrogen and oxygen atoms in total. The second kappa shape index (κ2) is 8.26. The third kappa shape index (κ3) is 4.69. The van der Waals surface area contributed by atoms with Crippen LogP contribution < -0.4 is 5.32 Å². The predicted molar refractivity (Wildman–Crippen MR) is 107 cm³/mol. The molecule has 3 rings (SSSR count). The Bertz CT molecular complexity index is 736. The van der Waals surface area contributed by atoms with Crippen molar-refractivity contribution < 1.29 is 19.4 Å². The molecule has 160 valence electrons. The van der Waals surface area contributed by atoms with Crippen LogP contribution in [0.15, 0.2) is 18.7 Å². The number of rotatable bonds is 3. The molecule has 1 aromatic heterocycles. The maximum Gasteiger partial charge on any atom is 0.410 e. The molecule has 8 heteroatoms. The molecule has 2 N–H and O–H groups in total. The Morgan fingerprint density at radius 1 is 1.28 bits per heavy atom. The first-order chi connectivity index (χ1) is 13.6. The Morgan fingerprint density at radius 2 is 1.93 bits per heavy atom. The number of nitrogens with one attached hydrogen (secondary N) is 1. The average Bonchev–Trinajstić information content (AvgIpc) is 2.87. The van der Waals surface area contributed by atoms with Crippen molar-refractivity contribution in [2.45, 2.75) is 83.6 Å². The van der Waals surface area contributed by atoms with Crippen molar-refractivity contribution in [3.8, 4) is 0 Å². The van der Waals surface area contributed by atoms with E-state index in [4.69, 9.17) is 4.74 Å². The number of aliphatic hydroxyl groups is 1. The summed E-state index contributed by atoms with van der Waals surface area (Å²) in [6.45, 7) is 7.86. The molecule has 2 fully saturated rings. The van der Waals surface area contributed by atoms with E-state index in [1.807, 2.05) is 20.8 Å². The molecule has 29 heavy (non-hydrogen) atoms. The van der Waals surface area contributed by atoms with Gasteiger partial charge in [-0.2, -0.15) is 0 Å². The molecule has 2 amide bonds. The average molecular weight is 405 g/mol. The molecule has 1 aromatic rings. The molecule has 2 heterocycles. The van der Waals surface area contributed by atoms with Crippen LogP contribution in [0.1, 0.15) is 70.2 Å². The van der Waals surface area contributed by atoms with Gasteiger partial charge in [-0.1, -0.05) is 19.8 Å². The highest BCUT2D eigenvalue weighted by Gasteiger charge is 2.55. The lowest BCUT2D eigenvalue weighted by molar-refractivity contribution is -0.00901. The molecular formula is C21H32N4O4. The topological polar surface area (TPSA) is 105 Å². The maximum absolute atomic E-state index is 13.1. The van der Waals surface area contributed by atoms with Crippen molar-refractivity contribution in [1.29, 1.82) is 0 Å². The Kier molecular flexibility index (Phi) is 6.12. The standard InChI is InChI=1S/C21H32N4O4/c1-20(2,3)29-19(28)25-15(12-24-18(27)14-10-22-13-23-11-14)9-21(4)16(25)7-5-6-8-17(21)26/h10-11,13,15-17,26H,5-9,12H2,1-4H3,(H,24,27)/t15-,16-,17+,21-/m1/s1. The van der Waals surface area contributed by atoms with Gasteiger partial charge in [0.05, 0.1) is 17.7 Å². The molecule has 0 bridgehead atoms. The Labute approximate surface area is 172 Å². The summed E-state index contributed by atoms with van der Waals surface area (Å²) in [5.74, 6) is -0.285. The normalized spacial score (nSPS) is 29.7. The predicted octanol–water partition coefficient (Wildman–Crippen LogP) is 2.53. The van der Waals surface area contributed by atoms with Crippen molar-refractivity contribution in [3.05, 3.63) is 24.3 Å². The van der Waals surface area contributed by atoms with Gasteiger partial charge in [0.1, 0.15) is 11.9 Å². The number of ether oxygens (including phenoxy) is 1. The summed E-state index contributed by atoms with van der Waals surface area (Å²) >= 11 is 0. The smallest absolute Gasteiger partial charge is 0.410 e. The lowest BCUT2D eigenvalue weighted by Crippen LogP contribution is -2.50. The molecule has 4 atom stereocenters. The minimum Gasteiger partial charge on any atom is -0.444 e. The summed E-state index contributed by atoms with van der Waals surface area (Å²) in [6, 6.07) is -0.363. The van der Waals surface area contributed by atoms with Crippen molar-refractivity contribution >= 4 is 12.0 Å². The molecule has 2 aliphatic rings. The number of hydrogen-bond acceptors (Lipinski definition) is 6. The lowest BCUT2D eigenvalue weighted by Gasteiger charge is -2.37. The van der Waals surface area contributed by atoms with E-state index in [1.165, 1.54) is 18.7 Å². The van der Waals surface area contributed by atoms with Gasteiger partial charge in [-0.25, -0.2) is 14.8 Å². The molecule has 0 unspecified atom stereocenters. The number of carbonyl (C=O) groups excluding carboxylic acids is 2. The molecule has 0 radical (unpaired) electrons. The Balaban J connectivity index is 1.81. The van der Waals surface area contributed by atoms with Crippen LogP contribution in [-0.2, 0) is 4.74 Å². The number of amides is 2. The zero-order valence-corrected chi connectivity index (χ0v) is 17.7. The third-order valence-electron chi connectivity index (χ3n) is 6.06. The van der Waals surface area contributed by atoms with E-state index in [0.29, 0.717) is 12.0 Å². The van der Waals surface area contributed by atoms with E-state index in [-0.39, 0.29) is 30.6 Å². The van der Waals surface area contributed by atoms with E-state index in [0.717, 1.165) is 25.7 Å². The van der Waals surface area contributed by atoms with Crippen molar-refractivity contribution in [2.75, 3.05) is 6.54 Å². The van der Waals surface area contributed by atoms with Crippen molar-refractivity contribution in [2.24, 2.45) is 5.41 Å². The van der Waals surface area contributed by atoms with Crippen LogP contribution in [0.5, 0.6) is 0 Å². The lowest BCUT2D eigenvalue weighted by atomic mass is 9.75. The minimum atomic E-state index is -0.616. The molecule has 1 saturated carbocycles. The maximum atomic E-state index is 13.1. The van der Waals surface area contributed by atoms with Gasteiger partial charge in [0.15, 0.2) is 0 Å². The summed E-state index contributed by atoms with van der Waals surface area (Å²) in [5, 5.41) is 13.7. The first-order valence-electron chi connectivity index (χ1n) is 10.3. The van der Waals surface area contributed by atoms with Gasteiger partial charge in [0, 0.05) is 30.4 Å². The Morgan fingerprint density at radius 3 is 2.59 bits per heavy atom. The van der Waals surface area contributed by atoms with Crippen LogP contribution >= 0.6 is 0 Å². The van der Waals surface area contributed by atoms with E-state index < -0.39 is 17.1 Å². The fraction of sp³-hybridized carbons (Fsp3) is 0.714. The van der Waals surface area contributed by atoms with Crippen LogP contribution in [0.4, 0.5) is 4.79 Å². The molecular weight excluding hydrogens is 372 g/mol. The van der Waals surface area contributed by atoms with Crippen molar-refractivity contribution in [1.82, 2.24) is 20.2 Å². The fourth-order valence-corrected chi connectivity index (χ4v) is 4.64.